The first-order chi connectivity index (χ1) is 12.2. The van der Waals surface area contributed by atoms with Crippen LogP contribution in [0, 0.1) is 20.8 Å². The van der Waals surface area contributed by atoms with Crippen LogP contribution in [0.15, 0.2) is 35.2 Å². The van der Waals surface area contributed by atoms with Crippen molar-refractivity contribution >= 4 is 48.3 Å². The maximum Gasteiger partial charge on any atom is 0.262 e. The SMILES string of the molecule is CC(=O)Nc1nc2c(C)cc(NS(=O)(=O)c3cc(C)ccc3C)cc2s1. The quantitative estimate of drug-likeness (QED) is 0.706. The van der Waals surface area contributed by atoms with E-state index in [0.717, 1.165) is 21.3 Å². The molecule has 1 aromatic heterocycles. The van der Waals surface area contributed by atoms with Crippen LogP contribution in [0.3, 0.4) is 0 Å². The maximum absolute atomic E-state index is 12.8. The van der Waals surface area contributed by atoms with Crippen LogP contribution in [-0.2, 0) is 14.8 Å². The van der Waals surface area contributed by atoms with E-state index in [2.05, 4.69) is 15.0 Å². The molecule has 136 valence electrons. The number of hydrogen-bond donors (Lipinski definition) is 2. The van der Waals surface area contributed by atoms with Gasteiger partial charge in [-0.1, -0.05) is 23.5 Å². The summed E-state index contributed by atoms with van der Waals surface area (Å²) in [7, 11) is -3.70. The molecule has 3 rings (SSSR count). The Kier molecular flexibility index (Phi) is 4.72. The van der Waals surface area contributed by atoms with Gasteiger partial charge in [0, 0.05) is 6.92 Å². The maximum atomic E-state index is 12.8. The fraction of sp³-hybridized carbons (Fsp3) is 0.222. The molecule has 2 aromatic carbocycles. The molecule has 0 aliphatic rings. The Balaban J connectivity index is 2.00. The zero-order valence-corrected chi connectivity index (χ0v) is 16.5. The number of carbonyl (C=O) groups excluding carboxylic acids is 1. The smallest absolute Gasteiger partial charge is 0.262 e. The number of fused-ring (bicyclic) bond motifs is 1. The summed E-state index contributed by atoms with van der Waals surface area (Å²) in [5.41, 5.74) is 3.60. The topological polar surface area (TPSA) is 88.2 Å². The van der Waals surface area contributed by atoms with Crippen LogP contribution in [0.2, 0.25) is 0 Å². The molecular weight excluding hydrogens is 370 g/mol. The highest BCUT2D eigenvalue weighted by atomic mass is 32.2. The van der Waals surface area contributed by atoms with Crippen molar-refractivity contribution in [2.24, 2.45) is 0 Å². The Labute approximate surface area is 156 Å². The summed E-state index contributed by atoms with van der Waals surface area (Å²) in [4.78, 5) is 15.9. The first-order valence-corrected chi connectivity index (χ1v) is 10.2. The molecule has 0 aliphatic heterocycles. The number of sulfonamides is 1. The third-order valence-corrected chi connectivity index (χ3v) is 6.29. The van der Waals surface area contributed by atoms with Gasteiger partial charge in [-0.25, -0.2) is 13.4 Å². The molecule has 0 unspecified atom stereocenters. The molecule has 8 heteroatoms. The highest BCUT2D eigenvalue weighted by molar-refractivity contribution is 7.92. The minimum atomic E-state index is -3.70. The molecule has 0 radical (unpaired) electrons. The summed E-state index contributed by atoms with van der Waals surface area (Å²) in [6.45, 7) is 6.90. The lowest BCUT2D eigenvalue weighted by Crippen LogP contribution is -2.14. The van der Waals surface area contributed by atoms with Gasteiger partial charge in [-0.2, -0.15) is 0 Å². The zero-order chi connectivity index (χ0) is 19.1. The van der Waals surface area contributed by atoms with Crippen molar-refractivity contribution in [3.8, 4) is 0 Å². The second-order valence-corrected chi connectivity index (χ2v) is 8.90. The first-order valence-electron chi connectivity index (χ1n) is 7.94. The number of hydrogen-bond acceptors (Lipinski definition) is 5. The second-order valence-electron chi connectivity index (χ2n) is 6.21. The Morgan fingerprint density at radius 2 is 1.81 bits per heavy atom. The third kappa shape index (κ3) is 3.71. The molecule has 26 heavy (non-hydrogen) atoms. The van der Waals surface area contributed by atoms with E-state index in [1.807, 2.05) is 19.9 Å². The predicted octanol–water partition coefficient (Wildman–Crippen LogP) is 3.98. The highest BCUT2D eigenvalue weighted by Gasteiger charge is 2.18. The number of thiazole rings is 1. The molecule has 0 bridgehead atoms. The van der Waals surface area contributed by atoms with Gasteiger partial charge in [0.2, 0.25) is 5.91 Å². The number of anilines is 2. The van der Waals surface area contributed by atoms with Gasteiger partial charge in [0.15, 0.2) is 5.13 Å². The van der Waals surface area contributed by atoms with Crippen molar-refractivity contribution in [2.75, 3.05) is 10.0 Å². The zero-order valence-electron chi connectivity index (χ0n) is 14.9. The van der Waals surface area contributed by atoms with Crippen molar-refractivity contribution in [2.45, 2.75) is 32.6 Å². The van der Waals surface area contributed by atoms with Gasteiger partial charge >= 0.3 is 0 Å². The fourth-order valence-electron chi connectivity index (χ4n) is 2.67. The molecule has 6 nitrogen and oxygen atoms in total. The molecule has 0 saturated heterocycles. The van der Waals surface area contributed by atoms with E-state index >= 15 is 0 Å². The van der Waals surface area contributed by atoms with Crippen molar-refractivity contribution in [1.29, 1.82) is 0 Å². The monoisotopic (exact) mass is 389 g/mol. The van der Waals surface area contributed by atoms with E-state index in [4.69, 9.17) is 0 Å². The van der Waals surface area contributed by atoms with E-state index < -0.39 is 10.0 Å². The molecule has 0 spiro atoms. The molecule has 0 atom stereocenters. The molecule has 1 amide bonds. The molecular formula is C18H19N3O3S2. The van der Waals surface area contributed by atoms with Crippen LogP contribution in [0.1, 0.15) is 23.6 Å². The number of carbonyl (C=O) groups is 1. The van der Waals surface area contributed by atoms with Gasteiger partial charge in [0.05, 0.1) is 20.8 Å². The van der Waals surface area contributed by atoms with Gasteiger partial charge in [0.1, 0.15) is 0 Å². The largest absolute Gasteiger partial charge is 0.302 e. The van der Waals surface area contributed by atoms with Gasteiger partial charge in [0.25, 0.3) is 10.0 Å². The minimum Gasteiger partial charge on any atom is -0.302 e. The number of aromatic nitrogens is 1. The van der Waals surface area contributed by atoms with Crippen LogP contribution < -0.4 is 10.0 Å². The highest BCUT2D eigenvalue weighted by Crippen LogP contribution is 2.32. The molecule has 0 saturated carbocycles. The summed E-state index contributed by atoms with van der Waals surface area (Å²) in [6, 6.07) is 8.80. The van der Waals surface area contributed by atoms with E-state index in [1.54, 1.807) is 31.2 Å². The van der Waals surface area contributed by atoms with Gasteiger partial charge in [-0.15, -0.1) is 0 Å². The number of amides is 1. The lowest BCUT2D eigenvalue weighted by atomic mass is 10.2. The second kappa shape index (κ2) is 6.69. The molecule has 0 aliphatic carbocycles. The number of nitrogens with zero attached hydrogens (tertiary/aromatic N) is 1. The third-order valence-electron chi connectivity index (χ3n) is 3.85. The summed E-state index contributed by atoms with van der Waals surface area (Å²) in [5, 5.41) is 3.15. The van der Waals surface area contributed by atoms with Gasteiger partial charge in [-0.3, -0.25) is 9.52 Å². The molecule has 1 heterocycles. The van der Waals surface area contributed by atoms with Gasteiger partial charge < -0.3 is 5.32 Å². The average molecular weight is 390 g/mol. The van der Waals surface area contributed by atoms with E-state index in [1.165, 1.54) is 18.3 Å². The average Bonchev–Trinajstić information content (AvgIpc) is 2.91. The normalized spacial score (nSPS) is 11.5. The number of rotatable bonds is 4. The minimum absolute atomic E-state index is 0.197. The number of nitrogens with one attached hydrogen (secondary N) is 2. The van der Waals surface area contributed by atoms with Crippen LogP contribution in [0.5, 0.6) is 0 Å². The number of benzene rings is 2. The lowest BCUT2D eigenvalue weighted by Gasteiger charge is -2.12. The van der Waals surface area contributed by atoms with Crippen LogP contribution in [-0.4, -0.2) is 19.3 Å². The molecule has 3 aromatic rings. The van der Waals surface area contributed by atoms with E-state index in [0.29, 0.717) is 16.4 Å². The fourth-order valence-corrected chi connectivity index (χ4v) is 5.07. The van der Waals surface area contributed by atoms with Crippen molar-refractivity contribution in [1.82, 2.24) is 4.98 Å². The van der Waals surface area contributed by atoms with Crippen LogP contribution in [0.25, 0.3) is 10.2 Å². The Bertz CT molecular complexity index is 1120. The van der Waals surface area contributed by atoms with Crippen LogP contribution >= 0.6 is 11.3 Å². The first kappa shape index (κ1) is 18.3. The summed E-state index contributed by atoms with van der Waals surface area (Å²) < 4.78 is 29.0. The summed E-state index contributed by atoms with van der Waals surface area (Å²) >= 11 is 1.30. The Hall–Kier alpha value is -2.45. The summed E-state index contributed by atoms with van der Waals surface area (Å²) in [5.74, 6) is -0.197. The van der Waals surface area contributed by atoms with Crippen molar-refractivity contribution in [3.63, 3.8) is 0 Å². The van der Waals surface area contributed by atoms with E-state index in [9.17, 15) is 13.2 Å². The Morgan fingerprint density at radius 1 is 1.08 bits per heavy atom. The van der Waals surface area contributed by atoms with Crippen LogP contribution in [0.4, 0.5) is 10.8 Å². The molecule has 2 N–H and O–H groups in total. The number of aryl methyl sites for hydroxylation is 3. The molecule has 0 fully saturated rings. The van der Waals surface area contributed by atoms with Gasteiger partial charge in [-0.05, 0) is 55.7 Å². The standard InChI is InChI=1S/C18H19N3O3S2/c1-10-5-6-11(2)16(7-10)26(23,24)21-14-8-12(3)17-15(9-14)25-18(20-17)19-13(4)22/h5-9,21H,1-4H3,(H,19,20,22). The Morgan fingerprint density at radius 3 is 2.50 bits per heavy atom. The van der Waals surface area contributed by atoms with Crippen molar-refractivity contribution < 1.29 is 13.2 Å². The summed E-state index contributed by atoms with van der Waals surface area (Å²) in [6.07, 6.45) is 0. The lowest BCUT2D eigenvalue weighted by molar-refractivity contribution is -0.114. The predicted molar refractivity (Wildman–Crippen MR) is 105 cm³/mol. The van der Waals surface area contributed by atoms with E-state index in [-0.39, 0.29) is 10.8 Å². The van der Waals surface area contributed by atoms with Crippen molar-refractivity contribution in [3.05, 3.63) is 47.0 Å².